The Kier molecular flexibility index (Phi) is 4.29. The van der Waals surface area contributed by atoms with E-state index in [1.165, 1.54) is 37.4 Å². The van der Waals surface area contributed by atoms with Crippen LogP contribution in [-0.4, -0.2) is 15.3 Å². The number of nitrogens with one attached hydrogen (secondary N) is 1. The summed E-state index contributed by atoms with van der Waals surface area (Å²) in [5.74, 6) is 1.66. The van der Waals surface area contributed by atoms with Crippen LogP contribution in [0.1, 0.15) is 51.3 Å². The molecule has 1 N–H and O–H groups in total. The highest BCUT2D eigenvalue weighted by Crippen LogP contribution is 2.36. The van der Waals surface area contributed by atoms with Crippen molar-refractivity contribution in [2.75, 3.05) is 6.54 Å². The van der Waals surface area contributed by atoms with Crippen LogP contribution in [0.2, 0.25) is 0 Å². The molecule has 0 spiro atoms. The first-order chi connectivity index (χ1) is 7.81. The van der Waals surface area contributed by atoms with E-state index < -0.39 is 0 Å². The molecule has 1 fully saturated rings. The van der Waals surface area contributed by atoms with Gasteiger partial charge >= 0.3 is 0 Å². The van der Waals surface area contributed by atoms with Crippen molar-refractivity contribution in [3.8, 4) is 0 Å². The van der Waals surface area contributed by atoms with Crippen molar-refractivity contribution in [1.82, 2.24) is 14.1 Å². The van der Waals surface area contributed by atoms with Crippen molar-refractivity contribution in [2.24, 2.45) is 11.8 Å². The van der Waals surface area contributed by atoms with E-state index in [1.807, 2.05) is 6.20 Å². The van der Waals surface area contributed by atoms with E-state index in [-0.39, 0.29) is 0 Å². The summed E-state index contributed by atoms with van der Waals surface area (Å²) in [7, 11) is 0. The normalized spacial score (nSPS) is 27.9. The van der Waals surface area contributed by atoms with Gasteiger partial charge in [-0.2, -0.15) is 8.75 Å². The van der Waals surface area contributed by atoms with Gasteiger partial charge in [0.2, 0.25) is 0 Å². The molecule has 1 atom stereocenters. The molecule has 1 heterocycles. The molecule has 4 heteroatoms. The van der Waals surface area contributed by atoms with Crippen LogP contribution in [0.4, 0.5) is 0 Å². The molecule has 0 radical (unpaired) electrons. The van der Waals surface area contributed by atoms with E-state index in [2.05, 4.69) is 27.9 Å². The summed E-state index contributed by atoms with van der Waals surface area (Å²) in [6, 6.07) is 0.427. The average molecular weight is 239 g/mol. The zero-order valence-electron chi connectivity index (χ0n) is 10.1. The molecule has 2 rings (SSSR count). The van der Waals surface area contributed by atoms with E-state index >= 15 is 0 Å². The average Bonchev–Trinajstić information content (AvgIpc) is 2.81. The van der Waals surface area contributed by atoms with Crippen molar-refractivity contribution in [3.63, 3.8) is 0 Å². The van der Waals surface area contributed by atoms with Crippen LogP contribution in [0.25, 0.3) is 0 Å². The summed E-state index contributed by atoms with van der Waals surface area (Å²) in [6.07, 6.45) is 7.32. The quantitative estimate of drug-likeness (QED) is 0.877. The fraction of sp³-hybridized carbons (Fsp3) is 0.833. The lowest BCUT2D eigenvalue weighted by Gasteiger charge is -2.32. The molecule has 0 aromatic carbocycles. The van der Waals surface area contributed by atoms with Gasteiger partial charge in [-0.25, -0.2) is 0 Å². The first-order valence-corrected chi connectivity index (χ1v) is 7.05. The summed E-state index contributed by atoms with van der Waals surface area (Å²) in [5.41, 5.74) is 1.14. The van der Waals surface area contributed by atoms with Crippen molar-refractivity contribution in [3.05, 3.63) is 11.9 Å². The molecule has 0 saturated heterocycles. The van der Waals surface area contributed by atoms with Gasteiger partial charge in [-0.05, 0) is 31.2 Å². The van der Waals surface area contributed by atoms with E-state index in [1.54, 1.807) is 0 Å². The third kappa shape index (κ3) is 2.80. The molecular formula is C12H21N3S. The highest BCUT2D eigenvalue weighted by molar-refractivity contribution is 6.99. The number of hydrogen-bond acceptors (Lipinski definition) is 4. The molecule has 0 amide bonds. The minimum absolute atomic E-state index is 0.427. The highest BCUT2D eigenvalue weighted by Gasteiger charge is 2.27. The maximum atomic E-state index is 4.40. The summed E-state index contributed by atoms with van der Waals surface area (Å²) in [6.45, 7) is 5.54. The van der Waals surface area contributed by atoms with Gasteiger partial charge in [-0.3, -0.25) is 0 Å². The SMILES string of the molecule is CCNC(c1cnsn1)C1CCC(C)CC1. The molecule has 0 bridgehead atoms. The van der Waals surface area contributed by atoms with Gasteiger partial charge in [-0.15, -0.1) is 0 Å². The summed E-state index contributed by atoms with van der Waals surface area (Å²) < 4.78 is 8.52. The topological polar surface area (TPSA) is 37.8 Å². The lowest BCUT2D eigenvalue weighted by atomic mass is 9.78. The van der Waals surface area contributed by atoms with Gasteiger partial charge in [0, 0.05) is 0 Å². The fourth-order valence-electron chi connectivity index (χ4n) is 2.66. The minimum Gasteiger partial charge on any atom is -0.309 e. The molecule has 3 nitrogen and oxygen atoms in total. The van der Waals surface area contributed by atoms with Gasteiger partial charge in [0.05, 0.1) is 29.7 Å². The summed E-state index contributed by atoms with van der Waals surface area (Å²) in [4.78, 5) is 0. The number of nitrogens with zero attached hydrogens (tertiary/aromatic N) is 2. The maximum absolute atomic E-state index is 4.40. The van der Waals surface area contributed by atoms with E-state index in [9.17, 15) is 0 Å². The van der Waals surface area contributed by atoms with Gasteiger partial charge < -0.3 is 5.32 Å². The van der Waals surface area contributed by atoms with E-state index in [4.69, 9.17) is 0 Å². The van der Waals surface area contributed by atoms with E-state index in [0.717, 1.165) is 24.1 Å². The second-order valence-electron chi connectivity index (χ2n) is 4.89. The molecular weight excluding hydrogens is 218 g/mol. The van der Waals surface area contributed by atoms with Crippen LogP contribution in [0.3, 0.4) is 0 Å². The summed E-state index contributed by atoms with van der Waals surface area (Å²) >= 11 is 1.32. The van der Waals surface area contributed by atoms with Gasteiger partial charge in [0.25, 0.3) is 0 Å². The lowest BCUT2D eigenvalue weighted by molar-refractivity contribution is 0.231. The van der Waals surface area contributed by atoms with Gasteiger partial charge in [0.15, 0.2) is 0 Å². The summed E-state index contributed by atoms with van der Waals surface area (Å²) in [5, 5.41) is 3.57. The fourth-order valence-corrected chi connectivity index (χ4v) is 3.12. The lowest BCUT2D eigenvalue weighted by Crippen LogP contribution is -2.30. The smallest absolute Gasteiger partial charge is 0.0915 e. The number of rotatable bonds is 4. The zero-order valence-corrected chi connectivity index (χ0v) is 11.0. The molecule has 1 aromatic rings. The van der Waals surface area contributed by atoms with E-state index in [0.29, 0.717) is 6.04 Å². The minimum atomic E-state index is 0.427. The Labute approximate surface area is 102 Å². The Morgan fingerprint density at radius 1 is 1.44 bits per heavy atom. The Hall–Kier alpha value is -0.480. The van der Waals surface area contributed by atoms with Gasteiger partial charge in [0.1, 0.15) is 0 Å². The Bertz CT molecular complexity index is 291. The Morgan fingerprint density at radius 2 is 2.19 bits per heavy atom. The number of aromatic nitrogens is 2. The standard InChI is InChI=1S/C12H21N3S/c1-3-13-12(11-8-14-16-15-11)10-6-4-9(2)5-7-10/h8-10,12-13H,3-7H2,1-2H3. The molecule has 16 heavy (non-hydrogen) atoms. The van der Waals surface area contributed by atoms with Crippen molar-refractivity contribution in [2.45, 2.75) is 45.6 Å². The van der Waals surface area contributed by atoms with Crippen LogP contribution in [-0.2, 0) is 0 Å². The van der Waals surface area contributed by atoms with Crippen molar-refractivity contribution >= 4 is 11.7 Å². The van der Waals surface area contributed by atoms with Crippen LogP contribution >= 0.6 is 11.7 Å². The van der Waals surface area contributed by atoms with Crippen molar-refractivity contribution in [1.29, 1.82) is 0 Å². The van der Waals surface area contributed by atoms with Gasteiger partial charge in [-0.1, -0.05) is 26.7 Å². The number of hydrogen-bond donors (Lipinski definition) is 1. The van der Waals surface area contributed by atoms with Crippen molar-refractivity contribution < 1.29 is 0 Å². The van der Waals surface area contributed by atoms with Crippen LogP contribution in [0.15, 0.2) is 6.20 Å². The Morgan fingerprint density at radius 3 is 2.75 bits per heavy atom. The largest absolute Gasteiger partial charge is 0.309 e. The first kappa shape index (κ1) is 12.0. The molecule has 1 aliphatic rings. The Balaban J connectivity index is 2.02. The predicted molar refractivity (Wildman–Crippen MR) is 67.4 cm³/mol. The third-order valence-corrected chi connectivity index (χ3v) is 4.15. The zero-order chi connectivity index (χ0) is 11.4. The molecule has 90 valence electrons. The second kappa shape index (κ2) is 5.73. The van der Waals surface area contributed by atoms with Crippen LogP contribution < -0.4 is 5.32 Å². The third-order valence-electron chi connectivity index (χ3n) is 3.65. The molecule has 1 aliphatic carbocycles. The predicted octanol–water partition coefficient (Wildman–Crippen LogP) is 3.02. The molecule has 1 saturated carbocycles. The van der Waals surface area contributed by atoms with Crippen LogP contribution in [0.5, 0.6) is 0 Å². The van der Waals surface area contributed by atoms with Crippen LogP contribution in [0, 0.1) is 11.8 Å². The first-order valence-electron chi connectivity index (χ1n) is 6.32. The monoisotopic (exact) mass is 239 g/mol. The second-order valence-corrected chi connectivity index (χ2v) is 5.44. The maximum Gasteiger partial charge on any atom is 0.0915 e. The molecule has 1 aromatic heterocycles. The molecule has 1 unspecified atom stereocenters. The molecule has 0 aliphatic heterocycles. The highest BCUT2D eigenvalue weighted by atomic mass is 32.1.